The molecule has 0 heterocycles. The molecule has 2 rings (SSSR count). The number of ether oxygens (including phenoxy) is 1. The Hall–Kier alpha value is -2.36. The van der Waals surface area contributed by atoms with Crippen molar-refractivity contribution < 1.29 is 13.9 Å². The SMILES string of the molecule is COc1ccc(CCC(=O)Nc2cc(C)ccc2F)cc1. The Morgan fingerprint density at radius 3 is 2.57 bits per heavy atom. The van der Waals surface area contributed by atoms with Crippen LogP contribution in [0, 0.1) is 12.7 Å². The van der Waals surface area contributed by atoms with E-state index >= 15 is 0 Å². The molecule has 0 aliphatic carbocycles. The van der Waals surface area contributed by atoms with E-state index in [1.807, 2.05) is 31.2 Å². The number of nitrogens with one attached hydrogen (secondary N) is 1. The molecule has 0 bridgehead atoms. The van der Waals surface area contributed by atoms with Crippen molar-refractivity contribution >= 4 is 11.6 Å². The van der Waals surface area contributed by atoms with E-state index in [0.29, 0.717) is 12.8 Å². The smallest absolute Gasteiger partial charge is 0.224 e. The zero-order valence-corrected chi connectivity index (χ0v) is 12.2. The minimum absolute atomic E-state index is 0.199. The molecule has 0 spiro atoms. The molecule has 0 atom stereocenters. The Morgan fingerprint density at radius 1 is 1.19 bits per heavy atom. The lowest BCUT2D eigenvalue weighted by molar-refractivity contribution is -0.116. The molecule has 2 aromatic carbocycles. The first-order valence-electron chi connectivity index (χ1n) is 6.77. The number of benzene rings is 2. The largest absolute Gasteiger partial charge is 0.497 e. The molecule has 0 radical (unpaired) electrons. The maximum Gasteiger partial charge on any atom is 0.224 e. The molecular weight excluding hydrogens is 269 g/mol. The number of hydrogen-bond donors (Lipinski definition) is 1. The summed E-state index contributed by atoms with van der Waals surface area (Å²) in [4.78, 5) is 11.9. The van der Waals surface area contributed by atoms with Gasteiger partial charge in [0.25, 0.3) is 0 Å². The minimum atomic E-state index is -0.418. The van der Waals surface area contributed by atoms with Crippen LogP contribution in [0.1, 0.15) is 17.5 Å². The summed E-state index contributed by atoms with van der Waals surface area (Å²) in [5.74, 6) is 0.166. The average molecular weight is 287 g/mol. The van der Waals surface area contributed by atoms with Gasteiger partial charge in [-0.15, -0.1) is 0 Å². The van der Waals surface area contributed by atoms with Gasteiger partial charge in [0, 0.05) is 6.42 Å². The number of halogens is 1. The van der Waals surface area contributed by atoms with Crippen molar-refractivity contribution in [2.24, 2.45) is 0 Å². The van der Waals surface area contributed by atoms with Crippen LogP contribution in [-0.2, 0) is 11.2 Å². The summed E-state index contributed by atoms with van der Waals surface area (Å²) in [6, 6.07) is 12.2. The highest BCUT2D eigenvalue weighted by molar-refractivity contribution is 5.91. The number of anilines is 1. The summed E-state index contributed by atoms with van der Waals surface area (Å²) in [5.41, 5.74) is 2.17. The number of rotatable bonds is 5. The third kappa shape index (κ3) is 4.31. The summed E-state index contributed by atoms with van der Waals surface area (Å²) in [5, 5.41) is 2.61. The maximum atomic E-state index is 13.5. The Morgan fingerprint density at radius 2 is 1.90 bits per heavy atom. The van der Waals surface area contributed by atoms with Crippen LogP contribution in [0.3, 0.4) is 0 Å². The normalized spacial score (nSPS) is 10.2. The third-order valence-electron chi connectivity index (χ3n) is 3.20. The monoisotopic (exact) mass is 287 g/mol. The molecule has 1 amide bonds. The van der Waals surface area contributed by atoms with Gasteiger partial charge in [-0.1, -0.05) is 18.2 Å². The van der Waals surface area contributed by atoms with Gasteiger partial charge in [0.2, 0.25) is 5.91 Å². The van der Waals surface area contributed by atoms with Crippen LogP contribution in [0.2, 0.25) is 0 Å². The first-order valence-corrected chi connectivity index (χ1v) is 6.77. The van der Waals surface area contributed by atoms with Crippen molar-refractivity contribution in [1.29, 1.82) is 0 Å². The summed E-state index contributed by atoms with van der Waals surface area (Å²) in [6.07, 6.45) is 0.906. The fourth-order valence-electron chi connectivity index (χ4n) is 2.00. The van der Waals surface area contributed by atoms with Gasteiger partial charge < -0.3 is 10.1 Å². The Labute approximate surface area is 123 Å². The van der Waals surface area contributed by atoms with Crippen molar-refractivity contribution in [3.8, 4) is 5.75 Å². The van der Waals surface area contributed by atoms with Gasteiger partial charge in [-0.05, 0) is 48.7 Å². The zero-order chi connectivity index (χ0) is 15.2. The van der Waals surface area contributed by atoms with Crippen LogP contribution in [0.4, 0.5) is 10.1 Å². The Bertz CT molecular complexity index is 623. The van der Waals surface area contributed by atoms with Crippen molar-refractivity contribution in [1.82, 2.24) is 0 Å². The highest BCUT2D eigenvalue weighted by Gasteiger charge is 2.07. The number of hydrogen-bond acceptors (Lipinski definition) is 2. The molecule has 110 valence electrons. The van der Waals surface area contributed by atoms with Crippen molar-refractivity contribution in [2.45, 2.75) is 19.8 Å². The number of aryl methyl sites for hydroxylation is 2. The van der Waals surface area contributed by atoms with Crippen LogP contribution < -0.4 is 10.1 Å². The fraction of sp³-hybridized carbons (Fsp3) is 0.235. The molecule has 2 aromatic rings. The first-order chi connectivity index (χ1) is 10.1. The van der Waals surface area contributed by atoms with Gasteiger partial charge in [0.1, 0.15) is 11.6 Å². The third-order valence-corrected chi connectivity index (χ3v) is 3.20. The van der Waals surface area contributed by atoms with Crippen molar-refractivity contribution in [2.75, 3.05) is 12.4 Å². The van der Waals surface area contributed by atoms with Gasteiger partial charge >= 0.3 is 0 Å². The van der Waals surface area contributed by atoms with E-state index in [1.54, 1.807) is 19.2 Å². The second-order valence-electron chi connectivity index (χ2n) is 4.88. The highest BCUT2D eigenvalue weighted by Crippen LogP contribution is 2.17. The molecule has 1 N–H and O–H groups in total. The van der Waals surface area contributed by atoms with Gasteiger partial charge in [-0.2, -0.15) is 0 Å². The summed E-state index contributed by atoms with van der Waals surface area (Å²) in [7, 11) is 1.61. The average Bonchev–Trinajstić information content (AvgIpc) is 2.49. The van der Waals surface area contributed by atoms with E-state index in [0.717, 1.165) is 16.9 Å². The molecule has 0 aromatic heterocycles. The second-order valence-corrected chi connectivity index (χ2v) is 4.88. The van der Waals surface area contributed by atoms with Crippen molar-refractivity contribution in [3.05, 3.63) is 59.4 Å². The summed E-state index contributed by atoms with van der Waals surface area (Å²) in [6.45, 7) is 1.85. The molecule has 0 unspecified atom stereocenters. The number of amides is 1. The molecule has 0 aliphatic heterocycles. The van der Waals surface area contributed by atoms with E-state index in [9.17, 15) is 9.18 Å². The van der Waals surface area contributed by atoms with Gasteiger partial charge in [-0.3, -0.25) is 4.79 Å². The van der Waals surface area contributed by atoms with Crippen LogP contribution in [0.25, 0.3) is 0 Å². The molecule has 0 fully saturated rings. The van der Waals surface area contributed by atoms with E-state index in [1.165, 1.54) is 6.07 Å². The number of methoxy groups -OCH3 is 1. The minimum Gasteiger partial charge on any atom is -0.497 e. The van der Waals surface area contributed by atoms with Gasteiger partial charge in [0.15, 0.2) is 0 Å². The Kier molecular flexibility index (Phi) is 4.93. The van der Waals surface area contributed by atoms with Crippen LogP contribution in [-0.4, -0.2) is 13.0 Å². The highest BCUT2D eigenvalue weighted by atomic mass is 19.1. The molecule has 4 heteroatoms. The molecule has 0 aliphatic rings. The van der Waals surface area contributed by atoms with E-state index < -0.39 is 5.82 Å². The molecule has 3 nitrogen and oxygen atoms in total. The summed E-state index contributed by atoms with van der Waals surface area (Å²) >= 11 is 0. The van der Waals surface area contributed by atoms with Gasteiger partial charge in [-0.25, -0.2) is 4.39 Å². The number of carbonyl (C=O) groups excluding carboxylic acids is 1. The fourth-order valence-corrected chi connectivity index (χ4v) is 2.00. The number of carbonyl (C=O) groups is 1. The topological polar surface area (TPSA) is 38.3 Å². The van der Waals surface area contributed by atoms with E-state index in [-0.39, 0.29) is 11.6 Å². The van der Waals surface area contributed by atoms with E-state index in [2.05, 4.69) is 5.32 Å². The van der Waals surface area contributed by atoms with Crippen LogP contribution in [0.5, 0.6) is 5.75 Å². The second kappa shape index (κ2) is 6.88. The lowest BCUT2D eigenvalue weighted by atomic mass is 10.1. The Balaban J connectivity index is 1.91. The molecule has 0 saturated heterocycles. The molecular formula is C17H18FNO2. The first kappa shape index (κ1) is 15.0. The molecule has 0 saturated carbocycles. The van der Waals surface area contributed by atoms with E-state index in [4.69, 9.17) is 4.74 Å². The predicted molar refractivity (Wildman–Crippen MR) is 81.1 cm³/mol. The quantitative estimate of drug-likeness (QED) is 0.910. The van der Waals surface area contributed by atoms with Gasteiger partial charge in [0.05, 0.1) is 12.8 Å². The molecule has 21 heavy (non-hydrogen) atoms. The predicted octanol–water partition coefficient (Wildman–Crippen LogP) is 3.71. The lowest BCUT2D eigenvalue weighted by Gasteiger charge is -2.08. The lowest BCUT2D eigenvalue weighted by Crippen LogP contribution is -2.13. The maximum absolute atomic E-state index is 13.5. The standard InChI is InChI=1S/C17H18FNO2/c1-12-3-9-15(18)16(11-12)19-17(20)10-6-13-4-7-14(21-2)8-5-13/h3-5,7-9,11H,6,10H2,1-2H3,(H,19,20). The summed E-state index contributed by atoms with van der Waals surface area (Å²) < 4.78 is 18.6. The van der Waals surface area contributed by atoms with Crippen molar-refractivity contribution in [3.63, 3.8) is 0 Å². The van der Waals surface area contributed by atoms with Crippen LogP contribution in [0.15, 0.2) is 42.5 Å². The zero-order valence-electron chi connectivity index (χ0n) is 12.2. The van der Waals surface area contributed by atoms with Crippen LogP contribution >= 0.6 is 0 Å².